The second-order valence-electron chi connectivity index (χ2n) is 3.75. The first-order valence-corrected chi connectivity index (χ1v) is 5.76. The van der Waals surface area contributed by atoms with E-state index in [1.165, 1.54) is 24.1 Å². The minimum Gasteiger partial charge on any atom is -0.149 e. The van der Waals surface area contributed by atoms with E-state index in [0.717, 1.165) is 12.3 Å². The minimum absolute atomic E-state index is 0.493. The molecule has 1 unspecified atom stereocenters. The van der Waals surface area contributed by atoms with Gasteiger partial charge in [-0.2, -0.15) is 0 Å². The molecule has 1 fully saturated rings. The van der Waals surface area contributed by atoms with E-state index >= 15 is 0 Å². The van der Waals surface area contributed by atoms with E-state index < -0.39 is 0 Å². The van der Waals surface area contributed by atoms with Gasteiger partial charge in [0.25, 0.3) is 0 Å². The van der Waals surface area contributed by atoms with Gasteiger partial charge in [-0.25, -0.2) is 0 Å². The quantitative estimate of drug-likeness (QED) is 0.641. The van der Waals surface area contributed by atoms with Crippen LogP contribution in [-0.4, -0.2) is 0 Å². The Kier molecular flexibility index (Phi) is 2.71. The van der Waals surface area contributed by atoms with Crippen molar-refractivity contribution in [2.45, 2.75) is 25.7 Å². The fourth-order valence-corrected chi connectivity index (χ4v) is 2.61. The average molecular weight is 190 g/mol. The Morgan fingerprint density at radius 1 is 1.62 bits per heavy atom. The molecule has 0 radical (unpaired) electrons. The van der Waals surface area contributed by atoms with Crippen molar-refractivity contribution in [3.05, 3.63) is 22.4 Å². The Morgan fingerprint density at radius 2 is 2.46 bits per heavy atom. The summed E-state index contributed by atoms with van der Waals surface area (Å²) in [6.07, 6.45) is 10.7. The summed E-state index contributed by atoms with van der Waals surface area (Å²) < 4.78 is 0. The molecule has 0 nitrogen and oxygen atoms in total. The Morgan fingerprint density at radius 3 is 2.92 bits per heavy atom. The van der Waals surface area contributed by atoms with Gasteiger partial charge in [-0.15, -0.1) is 23.7 Å². The molecule has 1 heteroatoms. The van der Waals surface area contributed by atoms with Crippen molar-refractivity contribution < 1.29 is 0 Å². The average Bonchev–Trinajstić information content (AvgIpc) is 2.52. The van der Waals surface area contributed by atoms with Crippen LogP contribution in [0.5, 0.6) is 0 Å². The van der Waals surface area contributed by atoms with Crippen LogP contribution in [0.2, 0.25) is 0 Å². The molecule has 1 atom stereocenters. The predicted molar refractivity (Wildman–Crippen MR) is 57.7 cm³/mol. The van der Waals surface area contributed by atoms with Crippen molar-refractivity contribution in [3.63, 3.8) is 0 Å². The lowest BCUT2D eigenvalue weighted by atomic mass is 9.75. The van der Waals surface area contributed by atoms with Crippen LogP contribution in [-0.2, 0) is 6.42 Å². The fourth-order valence-electron chi connectivity index (χ4n) is 1.85. The predicted octanol–water partition coefficient (Wildman–Crippen LogP) is 3.34. The van der Waals surface area contributed by atoms with Crippen LogP contribution in [0.4, 0.5) is 0 Å². The van der Waals surface area contributed by atoms with Crippen molar-refractivity contribution in [2.24, 2.45) is 11.8 Å². The van der Waals surface area contributed by atoms with Crippen LogP contribution in [0, 0.1) is 24.2 Å². The molecule has 0 spiro atoms. The smallest absolute Gasteiger partial charge is 0.0276 e. The van der Waals surface area contributed by atoms with Gasteiger partial charge in [0.05, 0.1) is 0 Å². The first-order chi connectivity index (χ1) is 6.40. The monoisotopic (exact) mass is 190 g/mol. The minimum atomic E-state index is 0.493. The topological polar surface area (TPSA) is 0 Å². The molecule has 0 amide bonds. The number of hydrogen-bond donors (Lipinski definition) is 0. The van der Waals surface area contributed by atoms with Crippen molar-refractivity contribution in [2.75, 3.05) is 0 Å². The summed E-state index contributed by atoms with van der Waals surface area (Å²) in [4.78, 5) is 1.44. The zero-order valence-corrected chi connectivity index (χ0v) is 8.52. The molecule has 13 heavy (non-hydrogen) atoms. The van der Waals surface area contributed by atoms with Gasteiger partial charge in [0.1, 0.15) is 0 Å². The second-order valence-corrected chi connectivity index (χ2v) is 4.78. The van der Waals surface area contributed by atoms with Crippen molar-refractivity contribution in [1.82, 2.24) is 0 Å². The molecular weight excluding hydrogens is 176 g/mol. The zero-order chi connectivity index (χ0) is 9.10. The van der Waals surface area contributed by atoms with Crippen molar-refractivity contribution >= 4 is 11.3 Å². The molecule has 0 saturated heterocycles. The van der Waals surface area contributed by atoms with E-state index in [1.807, 2.05) is 11.3 Å². The van der Waals surface area contributed by atoms with E-state index in [4.69, 9.17) is 6.42 Å². The molecule has 0 aromatic carbocycles. The first kappa shape index (κ1) is 8.84. The van der Waals surface area contributed by atoms with E-state index in [1.54, 1.807) is 0 Å². The highest BCUT2D eigenvalue weighted by molar-refractivity contribution is 7.09. The molecule has 68 valence electrons. The number of thiophene rings is 1. The van der Waals surface area contributed by atoms with E-state index in [-0.39, 0.29) is 0 Å². The molecule has 1 saturated carbocycles. The summed E-state index contributed by atoms with van der Waals surface area (Å²) >= 11 is 1.82. The summed E-state index contributed by atoms with van der Waals surface area (Å²) in [6.45, 7) is 0. The molecule has 0 N–H and O–H groups in total. The molecule has 2 rings (SSSR count). The first-order valence-electron chi connectivity index (χ1n) is 4.88. The highest BCUT2D eigenvalue weighted by Crippen LogP contribution is 2.35. The van der Waals surface area contributed by atoms with Crippen LogP contribution >= 0.6 is 11.3 Å². The standard InChI is InChI=1S/C12H14S/c1-2-10(11-5-3-6-11)9-12-7-4-8-13-12/h1,4,7-8,10-11H,3,5-6,9H2. The molecule has 1 heterocycles. The zero-order valence-electron chi connectivity index (χ0n) is 7.70. The Labute approximate surface area is 84.0 Å². The summed E-state index contributed by atoms with van der Waals surface area (Å²) in [5.41, 5.74) is 0. The van der Waals surface area contributed by atoms with Crippen LogP contribution in [0.15, 0.2) is 17.5 Å². The molecular formula is C12H14S. The molecule has 1 aliphatic rings. The highest BCUT2D eigenvalue weighted by atomic mass is 32.1. The Balaban J connectivity index is 1.95. The third-order valence-corrected chi connectivity index (χ3v) is 3.83. The maximum atomic E-state index is 5.55. The van der Waals surface area contributed by atoms with Gasteiger partial charge in [0.15, 0.2) is 0 Å². The number of terminal acetylenes is 1. The van der Waals surface area contributed by atoms with Crippen LogP contribution in [0.25, 0.3) is 0 Å². The lowest BCUT2D eigenvalue weighted by molar-refractivity contribution is 0.248. The largest absolute Gasteiger partial charge is 0.149 e. The summed E-state index contributed by atoms with van der Waals surface area (Å²) in [5, 5.41) is 2.13. The molecule has 1 aliphatic carbocycles. The van der Waals surface area contributed by atoms with E-state index in [0.29, 0.717) is 5.92 Å². The van der Waals surface area contributed by atoms with Gasteiger partial charge in [-0.1, -0.05) is 12.5 Å². The van der Waals surface area contributed by atoms with Crippen molar-refractivity contribution in [1.29, 1.82) is 0 Å². The molecule has 0 bridgehead atoms. The van der Waals surface area contributed by atoms with Crippen LogP contribution in [0.3, 0.4) is 0 Å². The normalized spacial score (nSPS) is 19.0. The second kappa shape index (κ2) is 3.98. The van der Waals surface area contributed by atoms with Crippen molar-refractivity contribution in [3.8, 4) is 12.3 Å². The number of hydrogen-bond acceptors (Lipinski definition) is 1. The van der Waals surface area contributed by atoms with E-state index in [2.05, 4.69) is 23.4 Å². The third-order valence-electron chi connectivity index (χ3n) is 2.93. The maximum absolute atomic E-state index is 5.55. The SMILES string of the molecule is C#CC(Cc1cccs1)C1CCC1. The summed E-state index contributed by atoms with van der Waals surface area (Å²) in [5.74, 6) is 4.25. The van der Waals surface area contributed by atoms with Gasteiger partial charge in [-0.05, 0) is 36.6 Å². The van der Waals surface area contributed by atoms with Gasteiger partial charge >= 0.3 is 0 Å². The maximum Gasteiger partial charge on any atom is 0.0276 e. The lowest BCUT2D eigenvalue weighted by Gasteiger charge is -2.30. The summed E-state index contributed by atoms with van der Waals surface area (Å²) in [7, 11) is 0. The molecule has 1 aromatic heterocycles. The molecule has 0 aliphatic heterocycles. The molecule has 1 aromatic rings. The van der Waals surface area contributed by atoms with Crippen LogP contribution < -0.4 is 0 Å². The van der Waals surface area contributed by atoms with E-state index in [9.17, 15) is 0 Å². The number of rotatable bonds is 3. The lowest BCUT2D eigenvalue weighted by Crippen LogP contribution is -2.22. The Bertz CT molecular complexity index is 287. The van der Waals surface area contributed by atoms with Gasteiger partial charge in [0.2, 0.25) is 0 Å². The van der Waals surface area contributed by atoms with Gasteiger partial charge in [-0.3, -0.25) is 0 Å². The highest BCUT2D eigenvalue weighted by Gasteiger charge is 2.25. The van der Waals surface area contributed by atoms with Gasteiger partial charge < -0.3 is 0 Å². The van der Waals surface area contributed by atoms with Gasteiger partial charge in [0, 0.05) is 10.8 Å². The Hall–Kier alpha value is -0.740. The fraction of sp³-hybridized carbons (Fsp3) is 0.500. The van der Waals surface area contributed by atoms with Crippen LogP contribution in [0.1, 0.15) is 24.1 Å². The summed E-state index contributed by atoms with van der Waals surface area (Å²) in [6, 6.07) is 4.29. The third kappa shape index (κ3) is 1.95.